The van der Waals surface area contributed by atoms with E-state index in [1.165, 1.54) is 6.92 Å². The highest BCUT2D eigenvalue weighted by molar-refractivity contribution is 14.1. The molecule has 1 heterocycles. The predicted molar refractivity (Wildman–Crippen MR) is 68.7 cm³/mol. The van der Waals surface area contributed by atoms with Crippen molar-refractivity contribution in [2.75, 3.05) is 0 Å². The van der Waals surface area contributed by atoms with Crippen LogP contribution in [0.3, 0.4) is 0 Å². The van der Waals surface area contributed by atoms with Gasteiger partial charge in [-0.3, -0.25) is 19.5 Å². The van der Waals surface area contributed by atoms with E-state index in [0.717, 1.165) is 10.9 Å². The lowest BCUT2D eigenvalue weighted by molar-refractivity contribution is -0.122. The van der Waals surface area contributed by atoms with Gasteiger partial charge in [-0.15, -0.1) is 0 Å². The molecule has 0 aliphatic carbocycles. The van der Waals surface area contributed by atoms with Gasteiger partial charge in [0.1, 0.15) is 14.8 Å². The number of nitrogens with zero attached hydrogens (tertiary/aromatic N) is 2. The summed E-state index contributed by atoms with van der Waals surface area (Å²) in [5, 5.41) is 1.94. The van der Waals surface area contributed by atoms with Crippen molar-refractivity contribution in [1.29, 1.82) is 0 Å². The third-order valence-electron chi connectivity index (χ3n) is 1.94. The van der Waals surface area contributed by atoms with Crippen LogP contribution in [-0.2, 0) is 4.79 Å². The van der Waals surface area contributed by atoms with Crippen LogP contribution in [0.2, 0.25) is 5.15 Å². The number of imide groups is 1. The van der Waals surface area contributed by atoms with E-state index in [4.69, 9.17) is 17.3 Å². The fourth-order valence-corrected chi connectivity index (χ4v) is 1.59. The molecule has 1 rings (SSSR count). The van der Waals surface area contributed by atoms with Crippen molar-refractivity contribution in [3.8, 4) is 0 Å². The number of nitrogens with two attached hydrogens (primary N) is 1. The van der Waals surface area contributed by atoms with Crippen LogP contribution < -0.4 is 16.6 Å². The third-order valence-corrected chi connectivity index (χ3v) is 3.52. The van der Waals surface area contributed by atoms with E-state index in [1.54, 1.807) is 22.6 Å². The van der Waals surface area contributed by atoms with Crippen LogP contribution in [0.4, 0.5) is 4.79 Å². The zero-order valence-electron chi connectivity index (χ0n) is 8.61. The highest BCUT2D eigenvalue weighted by atomic mass is 127. The molecule has 1 atom stereocenters. The summed E-state index contributed by atoms with van der Waals surface area (Å²) < 4.78 is 1.26. The topological polar surface area (TPSA) is 107 Å². The molecule has 0 aromatic carbocycles. The molecule has 1 aromatic rings. The molecule has 3 N–H and O–H groups in total. The number of primary amides is 1. The Bertz CT molecular complexity index is 530. The number of carbonyl (C=O) groups is 2. The highest BCUT2D eigenvalue weighted by Gasteiger charge is 2.19. The largest absolute Gasteiger partial charge is 0.351 e. The first-order valence-corrected chi connectivity index (χ1v) is 5.82. The van der Waals surface area contributed by atoms with Gasteiger partial charge in [0.15, 0.2) is 0 Å². The van der Waals surface area contributed by atoms with Gasteiger partial charge < -0.3 is 5.73 Å². The van der Waals surface area contributed by atoms with E-state index >= 15 is 0 Å². The SMILES string of the molecule is CC(C(=O)NC(N)=O)n1cnc(Cl)c(I)c1=O. The summed E-state index contributed by atoms with van der Waals surface area (Å²) in [6, 6.07) is -1.89. The number of carbonyl (C=O) groups excluding carboxylic acids is 2. The molecule has 0 radical (unpaired) electrons. The van der Waals surface area contributed by atoms with Crippen molar-refractivity contribution in [2.24, 2.45) is 5.73 Å². The number of urea groups is 1. The van der Waals surface area contributed by atoms with E-state index in [1.807, 2.05) is 5.32 Å². The number of amides is 3. The van der Waals surface area contributed by atoms with Crippen molar-refractivity contribution in [3.05, 3.63) is 25.4 Å². The Morgan fingerprint density at radius 3 is 2.76 bits per heavy atom. The molecule has 0 spiro atoms. The minimum atomic E-state index is -0.980. The van der Waals surface area contributed by atoms with E-state index in [2.05, 4.69) is 4.98 Å². The van der Waals surface area contributed by atoms with Crippen molar-refractivity contribution < 1.29 is 9.59 Å². The predicted octanol–water partition coefficient (Wildman–Crippen LogP) is 0.257. The second-order valence-electron chi connectivity index (χ2n) is 3.09. The third kappa shape index (κ3) is 3.16. The van der Waals surface area contributed by atoms with Gasteiger partial charge in [0.25, 0.3) is 11.5 Å². The first kappa shape index (κ1) is 13.9. The Kier molecular flexibility index (Phi) is 4.46. The van der Waals surface area contributed by atoms with E-state index < -0.39 is 23.5 Å². The Labute approximate surface area is 114 Å². The average Bonchev–Trinajstić information content (AvgIpc) is 2.24. The lowest BCUT2D eigenvalue weighted by Crippen LogP contribution is -2.41. The molecule has 7 nitrogen and oxygen atoms in total. The lowest BCUT2D eigenvalue weighted by atomic mass is 10.3. The molecular weight excluding hydrogens is 362 g/mol. The molecule has 92 valence electrons. The Morgan fingerprint density at radius 1 is 1.65 bits per heavy atom. The Balaban J connectivity index is 3.09. The summed E-state index contributed by atoms with van der Waals surface area (Å²) in [4.78, 5) is 37.5. The van der Waals surface area contributed by atoms with Crippen LogP contribution in [0, 0.1) is 3.57 Å². The minimum Gasteiger partial charge on any atom is -0.351 e. The van der Waals surface area contributed by atoms with E-state index in [9.17, 15) is 14.4 Å². The molecule has 0 bridgehead atoms. The Morgan fingerprint density at radius 2 is 2.24 bits per heavy atom. The minimum absolute atomic E-state index is 0.0642. The van der Waals surface area contributed by atoms with Crippen LogP contribution >= 0.6 is 34.2 Å². The molecule has 1 aromatic heterocycles. The van der Waals surface area contributed by atoms with Gasteiger partial charge in [0.05, 0.1) is 6.33 Å². The van der Waals surface area contributed by atoms with E-state index in [-0.39, 0.29) is 8.72 Å². The monoisotopic (exact) mass is 370 g/mol. The number of hydrogen-bond acceptors (Lipinski definition) is 4. The fourth-order valence-electron chi connectivity index (χ4n) is 1.05. The smallest absolute Gasteiger partial charge is 0.318 e. The summed E-state index contributed by atoms with van der Waals surface area (Å²) in [5.41, 5.74) is 4.34. The van der Waals surface area contributed by atoms with Gasteiger partial charge in [0.2, 0.25) is 0 Å². The highest BCUT2D eigenvalue weighted by Crippen LogP contribution is 2.11. The molecule has 0 aliphatic rings. The van der Waals surface area contributed by atoms with Crippen LogP contribution in [0.15, 0.2) is 11.1 Å². The molecule has 0 saturated heterocycles. The summed E-state index contributed by atoms with van der Waals surface area (Å²) in [6.07, 6.45) is 1.14. The molecule has 0 aliphatic heterocycles. The average molecular weight is 371 g/mol. The van der Waals surface area contributed by atoms with Crippen molar-refractivity contribution in [2.45, 2.75) is 13.0 Å². The maximum Gasteiger partial charge on any atom is 0.318 e. The molecule has 17 heavy (non-hydrogen) atoms. The summed E-state index contributed by atoms with van der Waals surface area (Å²) in [5.74, 6) is -0.695. The molecule has 1 unspecified atom stereocenters. The molecule has 0 fully saturated rings. The lowest BCUT2D eigenvalue weighted by Gasteiger charge is -2.13. The fraction of sp³-hybridized carbons (Fsp3) is 0.250. The standard InChI is InChI=1S/C8H8ClIN4O3/c1-3(6(15)13-8(11)17)14-2-12-5(9)4(10)7(14)16/h2-3H,1H3,(H3,11,13,15,17). The van der Waals surface area contributed by atoms with Crippen LogP contribution in [0.1, 0.15) is 13.0 Å². The summed E-state index contributed by atoms with van der Waals surface area (Å²) in [6.45, 7) is 1.44. The maximum absolute atomic E-state index is 11.8. The van der Waals surface area contributed by atoms with Crippen molar-refractivity contribution >= 4 is 46.1 Å². The van der Waals surface area contributed by atoms with Gasteiger partial charge in [0, 0.05) is 0 Å². The zero-order chi connectivity index (χ0) is 13.2. The summed E-state index contributed by atoms with van der Waals surface area (Å²) in [7, 11) is 0. The number of rotatable bonds is 2. The first-order valence-electron chi connectivity index (χ1n) is 4.37. The zero-order valence-corrected chi connectivity index (χ0v) is 11.5. The maximum atomic E-state index is 11.8. The summed E-state index contributed by atoms with van der Waals surface area (Å²) >= 11 is 7.37. The van der Waals surface area contributed by atoms with Gasteiger partial charge in [-0.1, -0.05) is 11.6 Å². The van der Waals surface area contributed by atoms with E-state index in [0.29, 0.717) is 0 Å². The molecule has 3 amide bonds. The normalized spacial score (nSPS) is 11.9. The van der Waals surface area contributed by atoms with Gasteiger partial charge in [-0.2, -0.15) is 0 Å². The van der Waals surface area contributed by atoms with Gasteiger partial charge >= 0.3 is 6.03 Å². The molecule has 0 saturated carbocycles. The molecular formula is C8H8ClIN4O3. The van der Waals surface area contributed by atoms with Crippen LogP contribution in [-0.4, -0.2) is 21.5 Å². The number of nitrogens with one attached hydrogen (secondary N) is 1. The number of aromatic nitrogens is 2. The number of halogens is 2. The van der Waals surface area contributed by atoms with Crippen molar-refractivity contribution in [3.63, 3.8) is 0 Å². The Hall–Kier alpha value is -1.16. The van der Waals surface area contributed by atoms with Gasteiger partial charge in [-0.05, 0) is 29.5 Å². The quantitative estimate of drug-likeness (QED) is 0.575. The van der Waals surface area contributed by atoms with Gasteiger partial charge in [-0.25, -0.2) is 9.78 Å². The second-order valence-corrected chi connectivity index (χ2v) is 4.53. The van der Waals surface area contributed by atoms with Crippen LogP contribution in [0.25, 0.3) is 0 Å². The van der Waals surface area contributed by atoms with Crippen molar-refractivity contribution in [1.82, 2.24) is 14.9 Å². The first-order chi connectivity index (χ1) is 7.84. The second kappa shape index (κ2) is 5.45. The van der Waals surface area contributed by atoms with Crippen LogP contribution in [0.5, 0.6) is 0 Å². The molecule has 9 heteroatoms. The number of hydrogen-bond donors (Lipinski definition) is 2.